The molecule has 0 radical (unpaired) electrons. The van der Waals surface area contributed by atoms with E-state index < -0.39 is 0 Å². The fourth-order valence-electron chi connectivity index (χ4n) is 1.96. The molecule has 0 atom stereocenters. The molecule has 0 amide bonds. The van der Waals surface area contributed by atoms with Gasteiger partial charge in [-0.3, -0.25) is 0 Å². The highest BCUT2D eigenvalue weighted by atomic mass is 32.1. The first-order chi connectivity index (χ1) is 9.28. The van der Waals surface area contributed by atoms with Gasteiger partial charge in [0.25, 0.3) is 10.7 Å². The van der Waals surface area contributed by atoms with Crippen molar-refractivity contribution in [2.75, 3.05) is 31.2 Å². The average Bonchev–Trinajstić information content (AvgIpc) is 3.05. The van der Waals surface area contributed by atoms with Crippen molar-refractivity contribution in [2.45, 2.75) is 13.3 Å². The molecule has 0 saturated carbocycles. The molecule has 3 heterocycles. The largest absolute Gasteiger partial charge is 0.408 e. The summed E-state index contributed by atoms with van der Waals surface area (Å²) in [5.74, 6) is 0.527. The van der Waals surface area contributed by atoms with Crippen LogP contribution < -0.4 is 4.90 Å². The number of ether oxygens (including phenoxy) is 1. The lowest BCUT2D eigenvalue weighted by Gasteiger charge is -2.26. The lowest BCUT2D eigenvalue weighted by molar-refractivity contribution is 0.122. The number of rotatable bonds is 3. The van der Waals surface area contributed by atoms with E-state index in [2.05, 4.69) is 27.0 Å². The lowest BCUT2D eigenvalue weighted by Crippen LogP contribution is -2.36. The first-order valence-electron chi connectivity index (χ1n) is 6.16. The number of nitrogens with zero attached hydrogens (tertiary/aromatic N) is 3. The van der Waals surface area contributed by atoms with Crippen LogP contribution in [0.25, 0.3) is 10.8 Å². The second kappa shape index (κ2) is 5.40. The van der Waals surface area contributed by atoms with Crippen molar-refractivity contribution in [1.82, 2.24) is 15.2 Å². The van der Waals surface area contributed by atoms with E-state index in [0.29, 0.717) is 10.7 Å². The van der Waals surface area contributed by atoms with Gasteiger partial charge in [-0.1, -0.05) is 18.3 Å². The van der Waals surface area contributed by atoms with Gasteiger partial charge in [-0.15, -0.1) is 5.10 Å². The molecule has 1 aliphatic heterocycles. The Morgan fingerprint density at radius 1 is 1.42 bits per heavy atom. The van der Waals surface area contributed by atoms with Gasteiger partial charge < -0.3 is 14.1 Å². The van der Waals surface area contributed by atoms with E-state index in [1.165, 1.54) is 0 Å². The number of hydrogen-bond donors (Lipinski definition) is 1. The molecule has 6 nitrogen and oxygen atoms in total. The van der Waals surface area contributed by atoms with E-state index in [0.717, 1.165) is 48.4 Å². The summed E-state index contributed by atoms with van der Waals surface area (Å²) < 4.78 is 10.7. The molecule has 1 fully saturated rings. The zero-order chi connectivity index (χ0) is 13.2. The van der Waals surface area contributed by atoms with Gasteiger partial charge in [-0.05, 0) is 18.6 Å². The molecule has 3 rings (SSSR count). The molecule has 0 bridgehead atoms. The average molecular weight is 298 g/mol. The first-order valence-corrected chi connectivity index (χ1v) is 7.38. The van der Waals surface area contributed by atoms with Crippen LogP contribution in [0, 0.1) is 4.84 Å². The van der Waals surface area contributed by atoms with Gasteiger partial charge in [0, 0.05) is 13.1 Å². The Bertz CT molecular complexity index is 612. The second-order valence-electron chi connectivity index (χ2n) is 4.14. The van der Waals surface area contributed by atoms with E-state index in [4.69, 9.17) is 21.4 Å². The Kier molecular flexibility index (Phi) is 3.63. The Labute approximate surface area is 119 Å². The fourth-order valence-corrected chi connectivity index (χ4v) is 3.22. The quantitative estimate of drug-likeness (QED) is 0.877. The van der Waals surface area contributed by atoms with E-state index >= 15 is 0 Å². The summed E-state index contributed by atoms with van der Waals surface area (Å²) in [5.41, 5.74) is 0.997. The highest BCUT2D eigenvalue weighted by molar-refractivity contribution is 7.71. The van der Waals surface area contributed by atoms with Crippen molar-refractivity contribution >= 4 is 28.7 Å². The summed E-state index contributed by atoms with van der Waals surface area (Å²) >= 11 is 6.51. The number of thiazole rings is 1. The maximum Gasteiger partial charge on any atom is 0.284 e. The van der Waals surface area contributed by atoms with Crippen LogP contribution in [0.4, 0.5) is 5.13 Å². The van der Waals surface area contributed by atoms with Crippen LogP contribution in [-0.4, -0.2) is 41.5 Å². The summed E-state index contributed by atoms with van der Waals surface area (Å²) in [4.78, 5) is 8.16. The van der Waals surface area contributed by atoms with Gasteiger partial charge in [0.2, 0.25) is 0 Å². The molecular formula is C11H14N4O2S2. The Morgan fingerprint density at radius 2 is 2.21 bits per heavy atom. The number of nitrogens with one attached hydrogen (secondary N) is 1. The molecule has 0 aromatic carbocycles. The summed E-state index contributed by atoms with van der Waals surface area (Å²) in [7, 11) is 0. The maximum absolute atomic E-state index is 5.39. The molecule has 1 saturated heterocycles. The molecule has 2 aromatic rings. The van der Waals surface area contributed by atoms with Crippen molar-refractivity contribution in [3.63, 3.8) is 0 Å². The number of aromatic nitrogens is 3. The molecule has 8 heteroatoms. The third kappa shape index (κ3) is 2.56. The van der Waals surface area contributed by atoms with Gasteiger partial charge in [-0.2, -0.15) is 0 Å². The molecule has 102 valence electrons. The van der Waals surface area contributed by atoms with Crippen molar-refractivity contribution in [3.8, 4) is 10.8 Å². The third-order valence-corrected chi connectivity index (χ3v) is 4.26. The second-order valence-corrected chi connectivity index (χ2v) is 5.49. The molecule has 0 unspecified atom stereocenters. The van der Waals surface area contributed by atoms with Gasteiger partial charge in [-0.25, -0.2) is 10.1 Å². The number of aryl methyl sites for hydroxylation is 1. The van der Waals surface area contributed by atoms with E-state index in [9.17, 15) is 0 Å². The number of aromatic amines is 1. The van der Waals surface area contributed by atoms with Gasteiger partial charge in [0.05, 0.1) is 18.9 Å². The van der Waals surface area contributed by atoms with Gasteiger partial charge in [0.15, 0.2) is 5.13 Å². The molecule has 0 aliphatic carbocycles. The van der Waals surface area contributed by atoms with Crippen molar-refractivity contribution in [1.29, 1.82) is 0 Å². The molecule has 0 spiro atoms. The summed E-state index contributed by atoms with van der Waals surface area (Å²) in [6.07, 6.45) is 0.839. The number of morpholine rings is 1. The van der Waals surface area contributed by atoms with Gasteiger partial charge in [0.1, 0.15) is 4.88 Å². The summed E-state index contributed by atoms with van der Waals surface area (Å²) in [6, 6.07) is 0. The molecular weight excluding hydrogens is 284 g/mol. The monoisotopic (exact) mass is 298 g/mol. The van der Waals surface area contributed by atoms with Crippen molar-refractivity contribution in [2.24, 2.45) is 0 Å². The van der Waals surface area contributed by atoms with Gasteiger partial charge >= 0.3 is 0 Å². The molecule has 2 aromatic heterocycles. The minimum Gasteiger partial charge on any atom is -0.408 e. The highest BCUT2D eigenvalue weighted by Gasteiger charge is 2.20. The SMILES string of the molecule is CCc1nc(N2CCOCC2)sc1-c1n[nH]c(=S)o1. The fraction of sp³-hybridized carbons (Fsp3) is 0.545. The van der Waals surface area contributed by atoms with Crippen molar-refractivity contribution < 1.29 is 9.15 Å². The normalized spacial score (nSPS) is 15.9. The van der Waals surface area contributed by atoms with Crippen LogP contribution in [0.15, 0.2) is 4.42 Å². The predicted molar refractivity (Wildman–Crippen MR) is 75.2 cm³/mol. The minimum atomic E-state index is 0.290. The van der Waals surface area contributed by atoms with E-state index in [1.54, 1.807) is 11.3 Å². The Balaban J connectivity index is 1.95. The Hall–Kier alpha value is -1.25. The third-order valence-electron chi connectivity index (χ3n) is 2.93. The number of hydrogen-bond acceptors (Lipinski definition) is 7. The minimum absolute atomic E-state index is 0.290. The molecule has 19 heavy (non-hydrogen) atoms. The number of H-pyrrole nitrogens is 1. The van der Waals surface area contributed by atoms with E-state index in [1.807, 2.05) is 0 Å². The first kappa shape index (κ1) is 12.8. The predicted octanol–water partition coefficient (Wildman–Crippen LogP) is 2.25. The van der Waals surface area contributed by atoms with Crippen molar-refractivity contribution in [3.05, 3.63) is 10.5 Å². The molecule has 1 aliphatic rings. The summed E-state index contributed by atoms with van der Waals surface area (Å²) in [5, 5.41) is 7.73. The van der Waals surface area contributed by atoms with Crippen LogP contribution in [0.2, 0.25) is 0 Å². The van der Waals surface area contributed by atoms with Crippen LogP contribution in [0.1, 0.15) is 12.6 Å². The molecule has 1 N–H and O–H groups in total. The topological polar surface area (TPSA) is 67.2 Å². The zero-order valence-corrected chi connectivity index (χ0v) is 12.1. The lowest BCUT2D eigenvalue weighted by atomic mass is 10.3. The van der Waals surface area contributed by atoms with E-state index in [-0.39, 0.29) is 0 Å². The zero-order valence-electron chi connectivity index (χ0n) is 10.5. The Morgan fingerprint density at radius 3 is 2.84 bits per heavy atom. The van der Waals surface area contributed by atoms with Crippen LogP contribution in [-0.2, 0) is 11.2 Å². The smallest absolute Gasteiger partial charge is 0.284 e. The standard InChI is InChI=1S/C11H14N4O2S2/c1-2-7-8(9-13-14-11(18)17-9)19-10(12-7)15-3-5-16-6-4-15/h2-6H2,1H3,(H,14,18). The number of anilines is 1. The van der Waals surface area contributed by atoms with Crippen LogP contribution in [0.5, 0.6) is 0 Å². The highest BCUT2D eigenvalue weighted by Crippen LogP contribution is 2.34. The maximum atomic E-state index is 5.39. The summed E-state index contributed by atoms with van der Waals surface area (Å²) in [6.45, 7) is 5.32. The van der Waals surface area contributed by atoms with Crippen LogP contribution >= 0.6 is 23.6 Å². The van der Waals surface area contributed by atoms with Crippen LogP contribution in [0.3, 0.4) is 0 Å².